The number of carbonyl (C=O) groups is 2. The van der Waals surface area contributed by atoms with Crippen LogP contribution in [-0.4, -0.2) is 22.0 Å². The third-order valence-corrected chi connectivity index (χ3v) is 5.04. The zero-order valence-corrected chi connectivity index (χ0v) is 15.2. The second-order valence-electron chi connectivity index (χ2n) is 6.13. The Kier molecular flexibility index (Phi) is 5.72. The van der Waals surface area contributed by atoms with Crippen LogP contribution in [0.25, 0.3) is 11.3 Å². The number of benzene rings is 1. The molecule has 2 rings (SSSR count). The first-order valence-electron chi connectivity index (χ1n) is 7.88. The number of hydrogen-bond donors (Lipinski definition) is 2. The van der Waals surface area contributed by atoms with Gasteiger partial charge in [0.05, 0.1) is 12.1 Å². The van der Waals surface area contributed by atoms with Crippen LogP contribution in [-0.2, 0) is 9.59 Å². The van der Waals surface area contributed by atoms with E-state index in [1.54, 1.807) is 0 Å². The summed E-state index contributed by atoms with van der Waals surface area (Å²) in [5.41, 5.74) is 4.33. The number of carboxylic acids is 1. The summed E-state index contributed by atoms with van der Waals surface area (Å²) in [6.45, 7) is 8.31. The van der Waals surface area contributed by atoms with Crippen molar-refractivity contribution in [2.75, 3.05) is 5.32 Å². The SMILES string of the molecule is Cc1ccc(-c2nc(NC(=O)CCC(=O)O)sc2C(C)C)cc1C. The number of aliphatic carboxylic acids is 1. The number of aromatic nitrogens is 1. The highest BCUT2D eigenvalue weighted by molar-refractivity contribution is 7.16. The van der Waals surface area contributed by atoms with Gasteiger partial charge in [0.2, 0.25) is 5.91 Å². The lowest BCUT2D eigenvalue weighted by Gasteiger charge is -2.07. The van der Waals surface area contributed by atoms with Crippen LogP contribution in [0.15, 0.2) is 18.2 Å². The summed E-state index contributed by atoms with van der Waals surface area (Å²) in [4.78, 5) is 28.1. The molecular weight excluding hydrogens is 324 g/mol. The smallest absolute Gasteiger partial charge is 0.303 e. The molecule has 2 N–H and O–H groups in total. The summed E-state index contributed by atoms with van der Waals surface area (Å²) in [6, 6.07) is 6.21. The summed E-state index contributed by atoms with van der Waals surface area (Å²) >= 11 is 1.44. The van der Waals surface area contributed by atoms with E-state index >= 15 is 0 Å². The summed E-state index contributed by atoms with van der Waals surface area (Å²) in [5, 5.41) is 11.9. The van der Waals surface area contributed by atoms with Gasteiger partial charge in [-0.2, -0.15) is 0 Å². The molecule has 0 radical (unpaired) electrons. The first kappa shape index (κ1) is 18.1. The van der Waals surface area contributed by atoms with Gasteiger partial charge >= 0.3 is 5.97 Å². The van der Waals surface area contributed by atoms with Gasteiger partial charge in [0.15, 0.2) is 5.13 Å². The molecule has 5 nitrogen and oxygen atoms in total. The zero-order valence-electron chi connectivity index (χ0n) is 14.3. The number of nitrogens with zero attached hydrogens (tertiary/aromatic N) is 1. The normalized spacial score (nSPS) is 10.9. The third kappa shape index (κ3) is 4.41. The van der Waals surface area contributed by atoms with Crippen molar-refractivity contribution in [3.05, 3.63) is 34.2 Å². The Morgan fingerprint density at radius 1 is 1.21 bits per heavy atom. The zero-order chi connectivity index (χ0) is 17.9. The number of carbonyl (C=O) groups excluding carboxylic acids is 1. The van der Waals surface area contributed by atoms with Crippen LogP contribution in [0.2, 0.25) is 0 Å². The van der Waals surface area contributed by atoms with Crippen molar-refractivity contribution in [3.8, 4) is 11.3 Å². The Morgan fingerprint density at radius 3 is 2.50 bits per heavy atom. The maximum atomic E-state index is 11.8. The van der Waals surface area contributed by atoms with Crippen LogP contribution in [0.1, 0.15) is 48.6 Å². The van der Waals surface area contributed by atoms with Gasteiger partial charge in [0.1, 0.15) is 0 Å². The van der Waals surface area contributed by atoms with Crippen molar-refractivity contribution in [1.29, 1.82) is 0 Å². The topological polar surface area (TPSA) is 79.3 Å². The van der Waals surface area contributed by atoms with E-state index in [9.17, 15) is 9.59 Å². The summed E-state index contributed by atoms with van der Waals surface area (Å²) < 4.78 is 0. The number of rotatable bonds is 6. The molecule has 0 spiro atoms. The predicted octanol–water partition coefficient (Wildman–Crippen LogP) is 4.35. The molecule has 0 fully saturated rings. The van der Waals surface area contributed by atoms with Crippen LogP contribution < -0.4 is 5.32 Å². The van der Waals surface area contributed by atoms with Gasteiger partial charge in [-0.05, 0) is 37.0 Å². The molecule has 0 aliphatic heterocycles. The standard InChI is InChI=1S/C18H22N2O3S/c1-10(2)17-16(13-6-5-11(3)12(4)9-13)20-18(24-17)19-14(21)7-8-15(22)23/h5-6,9-10H,7-8H2,1-4H3,(H,22,23)(H,19,20,21). The monoisotopic (exact) mass is 346 g/mol. The van der Waals surface area contributed by atoms with E-state index in [1.165, 1.54) is 22.5 Å². The molecule has 1 aromatic heterocycles. The Balaban J connectivity index is 2.28. The predicted molar refractivity (Wildman–Crippen MR) is 96.6 cm³/mol. The van der Waals surface area contributed by atoms with Gasteiger partial charge in [-0.1, -0.05) is 26.0 Å². The van der Waals surface area contributed by atoms with Crippen molar-refractivity contribution in [1.82, 2.24) is 4.98 Å². The van der Waals surface area contributed by atoms with E-state index in [4.69, 9.17) is 5.11 Å². The van der Waals surface area contributed by atoms with Crippen LogP contribution in [0.4, 0.5) is 5.13 Å². The number of nitrogens with one attached hydrogen (secondary N) is 1. The molecule has 24 heavy (non-hydrogen) atoms. The fourth-order valence-corrected chi connectivity index (χ4v) is 3.28. The lowest BCUT2D eigenvalue weighted by molar-refractivity contribution is -0.138. The quantitative estimate of drug-likeness (QED) is 0.815. The number of hydrogen-bond acceptors (Lipinski definition) is 4. The van der Waals surface area contributed by atoms with Crippen LogP contribution in [0.3, 0.4) is 0 Å². The van der Waals surface area contributed by atoms with Crippen molar-refractivity contribution in [3.63, 3.8) is 0 Å². The second-order valence-corrected chi connectivity index (χ2v) is 7.16. The summed E-state index contributed by atoms with van der Waals surface area (Å²) in [5.74, 6) is -1.03. The van der Waals surface area contributed by atoms with Gasteiger partial charge in [-0.25, -0.2) is 4.98 Å². The molecule has 0 atom stereocenters. The van der Waals surface area contributed by atoms with E-state index in [0.29, 0.717) is 5.13 Å². The molecule has 1 aromatic carbocycles. The summed E-state index contributed by atoms with van der Waals surface area (Å²) in [7, 11) is 0. The molecule has 0 saturated heterocycles. The van der Waals surface area contributed by atoms with Gasteiger partial charge < -0.3 is 10.4 Å². The minimum atomic E-state index is -0.983. The molecular formula is C18H22N2O3S. The van der Waals surface area contributed by atoms with Gasteiger partial charge in [-0.3, -0.25) is 9.59 Å². The van der Waals surface area contributed by atoms with Gasteiger partial charge in [0, 0.05) is 16.9 Å². The molecule has 0 unspecified atom stereocenters. The van der Waals surface area contributed by atoms with Gasteiger partial charge in [0.25, 0.3) is 0 Å². The Hall–Kier alpha value is -2.21. The number of thiazole rings is 1. The average Bonchev–Trinajstić information content (AvgIpc) is 2.92. The largest absolute Gasteiger partial charge is 0.481 e. The first-order valence-corrected chi connectivity index (χ1v) is 8.69. The Bertz CT molecular complexity index is 766. The molecule has 0 bridgehead atoms. The van der Waals surface area contributed by atoms with E-state index in [0.717, 1.165) is 16.1 Å². The number of carboxylic acid groups (broad SMARTS) is 1. The third-order valence-electron chi connectivity index (χ3n) is 3.77. The van der Waals surface area contributed by atoms with Crippen molar-refractivity contribution in [2.24, 2.45) is 0 Å². The lowest BCUT2D eigenvalue weighted by Crippen LogP contribution is -2.12. The Labute approximate surface area is 145 Å². The molecule has 1 amide bonds. The van der Waals surface area contributed by atoms with Gasteiger partial charge in [-0.15, -0.1) is 11.3 Å². The number of aryl methyl sites for hydroxylation is 2. The fraction of sp³-hybridized carbons (Fsp3) is 0.389. The van der Waals surface area contributed by atoms with Crippen molar-refractivity contribution < 1.29 is 14.7 Å². The van der Waals surface area contributed by atoms with E-state index in [2.05, 4.69) is 50.1 Å². The molecule has 0 saturated carbocycles. The molecule has 0 aliphatic rings. The average molecular weight is 346 g/mol. The van der Waals surface area contributed by atoms with Crippen LogP contribution in [0, 0.1) is 13.8 Å². The molecule has 128 valence electrons. The van der Waals surface area contributed by atoms with E-state index in [-0.39, 0.29) is 24.7 Å². The highest BCUT2D eigenvalue weighted by atomic mass is 32.1. The fourth-order valence-electron chi connectivity index (χ4n) is 2.27. The number of anilines is 1. The molecule has 6 heteroatoms. The maximum Gasteiger partial charge on any atom is 0.303 e. The number of amides is 1. The Morgan fingerprint density at radius 2 is 1.92 bits per heavy atom. The van der Waals surface area contributed by atoms with E-state index in [1.807, 2.05) is 6.07 Å². The first-order chi connectivity index (χ1) is 11.3. The second kappa shape index (κ2) is 7.57. The minimum Gasteiger partial charge on any atom is -0.481 e. The lowest BCUT2D eigenvalue weighted by atomic mass is 10.0. The highest BCUT2D eigenvalue weighted by Gasteiger charge is 2.18. The van der Waals surface area contributed by atoms with Crippen molar-refractivity contribution in [2.45, 2.75) is 46.5 Å². The van der Waals surface area contributed by atoms with Crippen LogP contribution in [0.5, 0.6) is 0 Å². The van der Waals surface area contributed by atoms with E-state index < -0.39 is 5.97 Å². The molecule has 1 heterocycles. The summed E-state index contributed by atoms with van der Waals surface area (Å²) in [6.07, 6.45) is -0.233. The van der Waals surface area contributed by atoms with Crippen LogP contribution >= 0.6 is 11.3 Å². The van der Waals surface area contributed by atoms with Crippen molar-refractivity contribution >= 4 is 28.3 Å². The molecule has 0 aliphatic carbocycles. The maximum absolute atomic E-state index is 11.8. The minimum absolute atomic E-state index is 0.0507. The molecule has 2 aromatic rings. The highest BCUT2D eigenvalue weighted by Crippen LogP contribution is 2.36.